The number of imidazole rings is 1. The van der Waals surface area contributed by atoms with Gasteiger partial charge in [-0.3, -0.25) is 14.9 Å². The van der Waals surface area contributed by atoms with Crippen LogP contribution in [0.3, 0.4) is 0 Å². The van der Waals surface area contributed by atoms with E-state index in [-0.39, 0.29) is 22.9 Å². The minimum Gasteiger partial charge on any atom is -0.422 e. The number of hydrogen-bond donors (Lipinski definition) is 1. The molecule has 0 spiro atoms. The smallest absolute Gasteiger partial charge is 0.349 e. The Hall–Kier alpha value is -4.27. The average Bonchev–Trinajstić information content (AvgIpc) is 3.27. The topological polar surface area (TPSA) is 120 Å². The summed E-state index contributed by atoms with van der Waals surface area (Å²) in [6, 6.07) is 12.3. The number of nitro groups is 1. The SMILES string of the molecule is CC(NC(=O)c1cc2cc([N+](=O)[O-])ccc2oc1=O)c1ccc(-n2ccnc2)cc1. The van der Waals surface area contributed by atoms with Crippen LogP contribution in [0.15, 0.2) is 76.5 Å². The fourth-order valence-electron chi connectivity index (χ4n) is 3.09. The van der Waals surface area contributed by atoms with Gasteiger partial charge in [-0.2, -0.15) is 0 Å². The summed E-state index contributed by atoms with van der Waals surface area (Å²) in [4.78, 5) is 39.3. The molecule has 0 radical (unpaired) electrons. The maximum atomic E-state index is 12.6. The van der Waals surface area contributed by atoms with Crippen molar-refractivity contribution in [2.45, 2.75) is 13.0 Å². The highest BCUT2D eigenvalue weighted by molar-refractivity contribution is 5.97. The molecule has 9 heteroatoms. The molecule has 2 aromatic heterocycles. The number of nitrogens with one attached hydrogen (secondary N) is 1. The highest BCUT2D eigenvalue weighted by atomic mass is 16.6. The number of amides is 1. The molecule has 4 aromatic rings. The number of carbonyl (C=O) groups is 1. The molecule has 1 atom stereocenters. The second-order valence-corrected chi connectivity index (χ2v) is 6.68. The predicted molar refractivity (Wildman–Crippen MR) is 109 cm³/mol. The van der Waals surface area contributed by atoms with Gasteiger partial charge < -0.3 is 14.3 Å². The maximum absolute atomic E-state index is 12.6. The van der Waals surface area contributed by atoms with Crippen molar-refractivity contribution in [3.63, 3.8) is 0 Å². The van der Waals surface area contributed by atoms with Gasteiger partial charge in [0.1, 0.15) is 11.1 Å². The average molecular weight is 404 g/mol. The van der Waals surface area contributed by atoms with Gasteiger partial charge in [-0.05, 0) is 36.8 Å². The molecule has 1 unspecified atom stereocenters. The maximum Gasteiger partial charge on any atom is 0.349 e. The summed E-state index contributed by atoms with van der Waals surface area (Å²) >= 11 is 0. The molecule has 2 aromatic carbocycles. The molecule has 150 valence electrons. The number of carbonyl (C=O) groups excluding carboxylic acids is 1. The Morgan fingerprint density at radius 1 is 1.20 bits per heavy atom. The first-order valence-electron chi connectivity index (χ1n) is 9.04. The molecule has 1 N–H and O–H groups in total. The van der Waals surface area contributed by atoms with Gasteiger partial charge in [-0.1, -0.05) is 12.1 Å². The predicted octanol–water partition coefficient (Wildman–Crippen LogP) is 3.38. The van der Waals surface area contributed by atoms with E-state index < -0.39 is 16.5 Å². The quantitative estimate of drug-likeness (QED) is 0.309. The van der Waals surface area contributed by atoms with E-state index in [9.17, 15) is 19.7 Å². The molecule has 30 heavy (non-hydrogen) atoms. The molecule has 1 amide bonds. The van der Waals surface area contributed by atoms with Crippen LogP contribution in [0.4, 0.5) is 5.69 Å². The number of nitro benzene ring substituents is 1. The van der Waals surface area contributed by atoms with E-state index in [4.69, 9.17) is 4.42 Å². The zero-order valence-corrected chi connectivity index (χ0v) is 15.8. The summed E-state index contributed by atoms with van der Waals surface area (Å²) in [6.07, 6.45) is 5.19. The van der Waals surface area contributed by atoms with Crippen LogP contribution in [0.2, 0.25) is 0 Å². The van der Waals surface area contributed by atoms with E-state index in [0.717, 1.165) is 11.3 Å². The van der Waals surface area contributed by atoms with Crippen molar-refractivity contribution >= 4 is 22.6 Å². The lowest BCUT2D eigenvalue weighted by atomic mass is 10.1. The van der Waals surface area contributed by atoms with E-state index in [2.05, 4.69) is 10.3 Å². The van der Waals surface area contributed by atoms with Crippen LogP contribution in [0, 0.1) is 10.1 Å². The van der Waals surface area contributed by atoms with E-state index >= 15 is 0 Å². The fourth-order valence-corrected chi connectivity index (χ4v) is 3.09. The van der Waals surface area contributed by atoms with Crippen LogP contribution >= 0.6 is 0 Å². The minimum atomic E-state index is -0.809. The normalized spacial score (nSPS) is 11.9. The largest absolute Gasteiger partial charge is 0.422 e. The van der Waals surface area contributed by atoms with Crippen molar-refractivity contribution in [1.82, 2.24) is 14.9 Å². The number of rotatable bonds is 5. The number of non-ortho nitro benzene ring substituents is 1. The van der Waals surface area contributed by atoms with Crippen LogP contribution in [0.25, 0.3) is 16.7 Å². The van der Waals surface area contributed by atoms with Gasteiger partial charge in [0.05, 0.1) is 17.3 Å². The second-order valence-electron chi connectivity index (χ2n) is 6.68. The lowest BCUT2D eigenvalue weighted by Crippen LogP contribution is -2.30. The van der Waals surface area contributed by atoms with E-state index in [1.807, 2.05) is 35.0 Å². The highest BCUT2D eigenvalue weighted by Gasteiger charge is 2.18. The molecule has 2 heterocycles. The van der Waals surface area contributed by atoms with Gasteiger partial charge in [0.25, 0.3) is 11.6 Å². The zero-order chi connectivity index (χ0) is 21.3. The van der Waals surface area contributed by atoms with Gasteiger partial charge in [-0.25, -0.2) is 9.78 Å². The number of nitrogens with zero attached hydrogens (tertiary/aromatic N) is 3. The Labute approximate surface area is 169 Å². The van der Waals surface area contributed by atoms with Crippen molar-refractivity contribution in [2.24, 2.45) is 0 Å². The summed E-state index contributed by atoms with van der Waals surface area (Å²) in [5.74, 6) is -0.622. The molecule has 4 rings (SSSR count). The van der Waals surface area contributed by atoms with Crippen molar-refractivity contribution in [2.75, 3.05) is 0 Å². The first-order valence-corrected chi connectivity index (χ1v) is 9.04. The molecule has 0 aliphatic rings. The third-order valence-electron chi connectivity index (χ3n) is 4.71. The zero-order valence-electron chi connectivity index (χ0n) is 15.8. The first kappa shape index (κ1) is 19.1. The third kappa shape index (κ3) is 3.68. The monoisotopic (exact) mass is 404 g/mol. The van der Waals surface area contributed by atoms with Crippen LogP contribution in [-0.2, 0) is 0 Å². The molecule has 0 aliphatic carbocycles. The summed E-state index contributed by atoms with van der Waals surface area (Å²) in [5, 5.41) is 14.0. The fraction of sp³-hybridized carbons (Fsp3) is 0.0952. The standard InChI is InChI=1S/C21H16N4O5/c1-13(14-2-4-16(5-3-14)24-9-8-22-12-24)23-20(26)18-11-15-10-17(25(28)29)6-7-19(15)30-21(18)27/h2-13H,1H3,(H,23,26). The van der Waals surface area contributed by atoms with E-state index in [0.29, 0.717) is 5.39 Å². The van der Waals surface area contributed by atoms with E-state index in [1.165, 1.54) is 24.3 Å². The number of benzene rings is 2. The Kier molecular flexibility index (Phi) is 4.85. The summed E-state index contributed by atoms with van der Waals surface area (Å²) in [6.45, 7) is 1.79. The van der Waals surface area contributed by atoms with Crippen molar-refractivity contribution < 1.29 is 14.1 Å². The van der Waals surface area contributed by atoms with Crippen LogP contribution in [-0.4, -0.2) is 20.4 Å². The van der Waals surface area contributed by atoms with Gasteiger partial charge in [0.2, 0.25) is 0 Å². The molecule has 0 saturated carbocycles. The second kappa shape index (κ2) is 7.63. The highest BCUT2D eigenvalue weighted by Crippen LogP contribution is 2.21. The lowest BCUT2D eigenvalue weighted by molar-refractivity contribution is -0.384. The number of fused-ring (bicyclic) bond motifs is 1. The number of aromatic nitrogens is 2. The van der Waals surface area contributed by atoms with Gasteiger partial charge in [-0.15, -0.1) is 0 Å². The Balaban J connectivity index is 1.56. The molecule has 0 bridgehead atoms. The molecule has 9 nitrogen and oxygen atoms in total. The Morgan fingerprint density at radius 3 is 2.63 bits per heavy atom. The Bertz CT molecular complexity index is 1290. The minimum absolute atomic E-state index is 0.158. The molecule has 0 saturated heterocycles. The summed E-state index contributed by atoms with van der Waals surface area (Å²) < 4.78 is 7.00. The molecule has 0 aliphatic heterocycles. The van der Waals surface area contributed by atoms with Crippen molar-refractivity contribution in [3.8, 4) is 5.69 Å². The van der Waals surface area contributed by atoms with Crippen LogP contribution < -0.4 is 10.9 Å². The molecular formula is C21H16N4O5. The molecule has 0 fully saturated rings. The summed E-state index contributed by atoms with van der Waals surface area (Å²) in [7, 11) is 0. The number of hydrogen-bond acceptors (Lipinski definition) is 6. The third-order valence-corrected chi connectivity index (χ3v) is 4.71. The summed E-state index contributed by atoms with van der Waals surface area (Å²) in [5.41, 5.74) is 0.750. The lowest BCUT2D eigenvalue weighted by Gasteiger charge is -2.15. The molecular weight excluding hydrogens is 388 g/mol. The Morgan fingerprint density at radius 2 is 1.97 bits per heavy atom. The van der Waals surface area contributed by atoms with Crippen LogP contribution in [0.1, 0.15) is 28.9 Å². The van der Waals surface area contributed by atoms with Crippen LogP contribution in [0.5, 0.6) is 0 Å². The van der Waals surface area contributed by atoms with Crippen molar-refractivity contribution in [3.05, 3.63) is 98.9 Å². The van der Waals surface area contributed by atoms with Gasteiger partial charge >= 0.3 is 5.63 Å². The van der Waals surface area contributed by atoms with Gasteiger partial charge in [0.15, 0.2) is 0 Å². The first-order chi connectivity index (χ1) is 14.4. The van der Waals surface area contributed by atoms with E-state index in [1.54, 1.807) is 19.4 Å². The van der Waals surface area contributed by atoms with Crippen molar-refractivity contribution in [1.29, 1.82) is 0 Å². The van der Waals surface area contributed by atoms with Gasteiger partial charge in [0, 0.05) is 35.6 Å².